The molecule has 0 atom stereocenters. The van der Waals surface area contributed by atoms with Gasteiger partial charge in [0.2, 0.25) is 5.91 Å². The third kappa shape index (κ3) is 7.81. The number of halogens is 1. The quantitative estimate of drug-likeness (QED) is 0.460. The van der Waals surface area contributed by atoms with E-state index in [-0.39, 0.29) is 30.2 Å². The summed E-state index contributed by atoms with van der Waals surface area (Å²) < 4.78 is 1.48. The maximum atomic E-state index is 12.9. The number of hydrogen-bond donors (Lipinski definition) is 3. The molecule has 0 radical (unpaired) electrons. The van der Waals surface area contributed by atoms with Crippen LogP contribution in [0.2, 0.25) is 0 Å². The van der Waals surface area contributed by atoms with Crippen molar-refractivity contribution in [2.24, 2.45) is 11.5 Å². The van der Waals surface area contributed by atoms with Crippen LogP contribution < -0.4 is 22.5 Å². The number of hydrogen-bond acceptors (Lipinski definition) is 7. The first-order valence-corrected chi connectivity index (χ1v) is 13.9. The fraction of sp³-hybridized carbons (Fsp3) is 0.571. The van der Waals surface area contributed by atoms with E-state index < -0.39 is 11.2 Å². The van der Waals surface area contributed by atoms with Gasteiger partial charge in [-0.1, -0.05) is 19.1 Å². The van der Waals surface area contributed by atoms with Crippen LogP contribution in [0.4, 0.5) is 10.6 Å². The number of carbonyl (C=O) groups excluding carboxylic acids is 2. The van der Waals surface area contributed by atoms with E-state index in [1.807, 2.05) is 18.2 Å². The molecule has 1 aliphatic heterocycles. The van der Waals surface area contributed by atoms with Crippen LogP contribution in [0.1, 0.15) is 52.0 Å². The van der Waals surface area contributed by atoms with E-state index in [1.165, 1.54) is 4.57 Å². The Bertz CT molecular complexity index is 1210. The second kappa shape index (κ2) is 13.6. The first-order valence-electron chi connectivity index (χ1n) is 13.9. The molecule has 4 rings (SSSR count). The third-order valence-electron chi connectivity index (χ3n) is 7.68. The van der Waals surface area contributed by atoms with Gasteiger partial charge in [-0.15, -0.1) is 12.4 Å². The Kier molecular flexibility index (Phi) is 10.7. The molecule has 2 fully saturated rings. The minimum Gasteiger partial charge on any atom is -0.338 e. The topological polar surface area (TPSA) is 143 Å². The highest BCUT2D eigenvalue weighted by atomic mass is 35.5. The van der Waals surface area contributed by atoms with Crippen molar-refractivity contribution in [2.75, 3.05) is 38.0 Å². The summed E-state index contributed by atoms with van der Waals surface area (Å²) in [4.78, 5) is 47.9. The van der Waals surface area contributed by atoms with Crippen molar-refractivity contribution >= 4 is 30.2 Å². The fourth-order valence-electron chi connectivity index (χ4n) is 5.38. The molecule has 1 aromatic carbocycles. The van der Waals surface area contributed by atoms with Crippen LogP contribution in [-0.2, 0) is 11.3 Å². The number of benzene rings is 1. The molecule has 12 heteroatoms. The van der Waals surface area contributed by atoms with Crippen LogP contribution in [0.15, 0.2) is 41.3 Å². The lowest BCUT2D eigenvalue weighted by atomic mass is 9.90. The van der Waals surface area contributed by atoms with Gasteiger partial charge in [-0.05, 0) is 69.8 Å². The molecule has 5 N–H and O–H groups in total. The molecule has 0 spiro atoms. The monoisotopic (exact) mass is 574 g/mol. The summed E-state index contributed by atoms with van der Waals surface area (Å²) in [6, 6.07) is 10.0. The zero-order valence-electron chi connectivity index (χ0n) is 23.7. The Labute approximate surface area is 242 Å². The predicted molar refractivity (Wildman–Crippen MR) is 159 cm³/mol. The van der Waals surface area contributed by atoms with Gasteiger partial charge in [-0.25, -0.2) is 9.59 Å². The average molecular weight is 575 g/mol. The summed E-state index contributed by atoms with van der Waals surface area (Å²) in [5.41, 5.74) is 12.4. The Morgan fingerprint density at radius 1 is 1.07 bits per heavy atom. The summed E-state index contributed by atoms with van der Waals surface area (Å²) in [5, 5.41) is 2.71. The van der Waals surface area contributed by atoms with E-state index in [9.17, 15) is 14.4 Å². The van der Waals surface area contributed by atoms with Gasteiger partial charge in [0, 0.05) is 51.0 Å². The molecule has 1 aromatic heterocycles. The number of nitrogens with one attached hydrogen (secondary N) is 1. The normalized spacial score (nSPS) is 19.8. The van der Waals surface area contributed by atoms with Crippen LogP contribution in [-0.4, -0.2) is 86.5 Å². The Morgan fingerprint density at radius 2 is 1.73 bits per heavy atom. The van der Waals surface area contributed by atoms with E-state index >= 15 is 0 Å². The molecule has 1 saturated heterocycles. The van der Waals surface area contributed by atoms with E-state index in [4.69, 9.17) is 11.5 Å². The summed E-state index contributed by atoms with van der Waals surface area (Å²) in [7, 11) is 0. The van der Waals surface area contributed by atoms with E-state index in [0.717, 1.165) is 50.0 Å². The number of aromatic nitrogens is 2. The Morgan fingerprint density at radius 3 is 2.33 bits per heavy atom. The summed E-state index contributed by atoms with van der Waals surface area (Å²) in [6.45, 7) is 8.85. The maximum absolute atomic E-state index is 12.9. The fourth-order valence-corrected chi connectivity index (χ4v) is 5.38. The zero-order valence-corrected chi connectivity index (χ0v) is 24.5. The minimum atomic E-state index is -0.947. The second-order valence-corrected chi connectivity index (χ2v) is 11.2. The zero-order chi connectivity index (χ0) is 28.2. The predicted octanol–water partition coefficient (Wildman–Crippen LogP) is 2.16. The lowest BCUT2D eigenvalue weighted by Gasteiger charge is -2.37. The van der Waals surface area contributed by atoms with E-state index in [2.05, 4.69) is 28.2 Å². The first kappa shape index (κ1) is 31.5. The highest BCUT2D eigenvalue weighted by Crippen LogP contribution is 2.24. The number of urea groups is 1. The van der Waals surface area contributed by atoms with Gasteiger partial charge in [-0.3, -0.25) is 19.6 Å². The summed E-state index contributed by atoms with van der Waals surface area (Å²) in [6.07, 6.45) is 5.99. The molecule has 220 valence electrons. The van der Waals surface area contributed by atoms with Crippen molar-refractivity contribution in [3.63, 3.8) is 0 Å². The smallest absolute Gasteiger partial charge is 0.338 e. The lowest BCUT2D eigenvalue weighted by molar-refractivity contribution is -0.137. The molecule has 0 bridgehead atoms. The molecule has 2 aliphatic rings. The number of anilines is 1. The van der Waals surface area contributed by atoms with Gasteiger partial charge >= 0.3 is 11.7 Å². The summed E-state index contributed by atoms with van der Waals surface area (Å²) in [5.74, 6) is 0.0460. The number of rotatable bonds is 7. The molecule has 1 saturated carbocycles. The van der Waals surface area contributed by atoms with Gasteiger partial charge in [0.25, 0.3) is 0 Å². The molecular weight excluding hydrogens is 532 g/mol. The largest absolute Gasteiger partial charge is 0.354 e. The SMILES string of the molecule is CCN(Cc1cccc(-n2ccc(NC(=O)N3CCN(C(=O)C(C)(C)N)CC3)nc2=O)c1)C1CCC(N)CC1.Cl. The van der Waals surface area contributed by atoms with Crippen molar-refractivity contribution in [3.8, 4) is 5.69 Å². The van der Waals surface area contributed by atoms with Crippen molar-refractivity contribution in [1.82, 2.24) is 24.3 Å². The highest BCUT2D eigenvalue weighted by molar-refractivity contribution is 5.89. The van der Waals surface area contributed by atoms with Crippen LogP contribution in [0.3, 0.4) is 0 Å². The molecular formula is C28H43ClN8O3. The number of piperazine rings is 1. The molecule has 1 aliphatic carbocycles. The first-order chi connectivity index (χ1) is 18.5. The van der Waals surface area contributed by atoms with Crippen LogP contribution in [0.25, 0.3) is 5.69 Å². The van der Waals surface area contributed by atoms with Crippen molar-refractivity contribution in [2.45, 2.75) is 70.6 Å². The number of amides is 3. The van der Waals surface area contributed by atoms with Gasteiger partial charge in [0.05, 0.1) is 11.2 Å². The third-order valence-corrected chi connectivity index (χ3v) is 7.68. The molecule has 3 amide bonds. The van der Waals surface area contributed by atoms with Crippen LogP contribution in [0, 0.1) is 0 Å². The number of nitrogens with two attached hydrogens (primary N) is 2. The lowest BCUT2D eigenvalue weighted by Crippen LogP contribution is -2.58. The van der Waals surface area contributed by atoms with Crippen molar-refractivity contribution in [3.05, 3.63) is 52.6 Å². The standard InChI is InChI=1S/C28H42N8O3.ClH/c1-4-33(22-10-8-21(29)9-11-22)19-20-6-5-7-23(18-20)36-13-12-24(32-27(36)39)31-26(38)35-16-14-34(15-17-35)25(37)28(2,3)30;/h5-7,12-13,18,21-22H,4,8-11,14-17,19,29-30H2,1-3H3,(H,31,32,38,39);1H. The van der Waals surface area contributed by atoms with Gasteiger partial charge < -0.3 is 21.3 Å². The van der Waals surface area contributed by atoms with E-state index in [1.54, 1.807) is 35.9 Å². The average Bonchev–Trinajstić information content (AvgIpc) is 2.91. The molecule has 2 heterocycles. The number of carbonyl (C=O) groups is 2. The Hall–Kier alpha value is -2.99. The second-order valence-electron chi connectivity index (χ2n) is 11.2. The molecule has 40 heavy (non-hydrogen) atoms. The van der Waals surface area contributed by atoms with Crippen molar-refractivity contribution in [1.29, 1.82) is 0 Å². The minimum absolute atomic E-state index is 0. The van der Waals surface area contributed by atoms with Gasteiger partial charge in [-0.2, -0.15) is 4.98 Å². The van der Waals surface area contributed by atoms with Gasteiger partial charge in [0.15, 0.2) is 0 Å². The summed E-state index contributed by atoms with van der Waals surface area (Å²) >= 11 is 0. The molecule has 11 nitrogen and oxygen atoms in total. The van der Waals surface area contributed by atoms with Gasteiger partial charge in [0.1, 0.15) is 5.82 Å². The molecule has 0 unspecified atom stereocenters. The van der Waals surface area contributed by atoms with Crippen LogP contribution >= 0.6 is 12.4 Å². The molecule has 2 aromatic rings. The number of nitrogens with zero attached hydrogens (tertiary/aromatic N) is 5. The van der Waals surface area contributed by atoms with Crippen LogP contribution in [0.5, 0.6) is 0 Å². The Balaban J connectivity index is 0.00000441. The van der Waals surface area contributed by atoms with Crippen molar-refractivity contribution < 1.29 is 9.59 Å². The van der Waals surface area contributed by atoms with E-state index in [0.29, 0.717) is 38.3 Å². The highest BCUT2D eigenvalue weighted by Gasteiger charge is 2.31. The maximum Gasteiger partial charge on any atom is 0.354 e.